The highest BCUT2D eigenvalue weighted by molar-refractivity contribution is 9.10. The van der Waals surface area contributed by atoms with Crippen LogP contribution in [0.15, 0.2) is 28.9 Å². The number of halogens is 2. The number of H-pyrrole nitrogens is 1. The van der Waals surface area contributed by atoms with E-state index in [1.165, 1.54) is 6.07 Å². The second-order valence-electron chi connectivity index (χ2n) is 6.35. The lowest BCUT2D eigenvalue weighted by Crippen LogP contribution is -2.37. The maximum atomic E-state index is 13.9. The van der Waals surface area contributed by atoms with Crippen LogP contribution in [0.2, 0.25) is 0 Å². The van der Waals surface area contributed by atoms with Crippen molar-refractivity contribution in [2.45, 2.75) is 6.54 Å². The zero-order chi connectivity index (χ0) is 19.1. The Bertz CT molecular complexity index is 1150. The number of anilines is 2. The Morgan fingerprint density at radius 1 is 1.21 bits per heavy atom. The van der Waals surface area contributed by atoms with Gasteiger partial charge in [0.25, 0.3) is 0 Å². The highest BCUT2D eigenvalue weighted by atomic mass is 79.9. The topological polar surface area (TPSA) is 96.3 Å². The minimum Gasteiger partial charge on any atom is -0.378 e. The van der Waals surface area contributed by atoms with Crippen LogP contribution in [0, 0.1) is 5.82 Å². The van der Waals surface area contributed by atoms with Gasteiger partial charge in [0.15, 0.2) is 11.5 Å². The maximum absolute atomic E-state index is 13.9. The minimum absolute atomic E-state index is 0.322. The van der Waals surface area contributed by atoms with Gasteiger partial charge in [0.05, 0.1) is 35.9 Å². The molecule has 9 nitrogen and oxygen atoms in total. The smallest absolute Gasteiger partial charge is 0.230 e. The molecule has 5 rings (SSSR count). The molecule has 0 atom stereocenters. The number of aromatic amines is 1. The molecule has 1 aromatic carbocycles. The molecule has 1 saturated heterocycles. The van der Waals surface area contributed by atoms with Gasteiger partial charge in [0.2, 0.25) is 11.9 Å². The van der Waals surface area contributed by atoms with Crippen LogP contribution in [-0.2, 0) is 11.3 Å². The summed E-state index contributed by atoms with van der Waals surface area (Å²) < 4.78 is 21.7. The molecule has 1 aliphatic heterocycles. The molecule has 4 aromatic rings. The van der Waals surface area contributed by atoms with E-state index in [0.717, 1.165) is 17.6 Å². The molecule has 1 aliphatic rings. The molecule has 0 amide bonds. The standard InChI is InChI=1S/C17H16BrFN8O/c18-10-8-21-27-15(10)24-17(26-4-6-28-7-5-26)25-16(27)20-9-13-22-12-3-1-2-11(19)14(12)23-13/h1-3,8H,4-7,9H2,(H,22,23)(H,20,24,25). The SMILES string of the molecule is Fc1cccc2[nH]c(CNc3nc(N4CCOCC4)nc4c(Br)cnn34)nc12. The highest BCUT2D eigenvalue weighted by Crippen LogP contribution is 2.22. The van der Waals surface area contributed by atoms with Crippen molar-refractivity contribution < 1.29 is 9.13 Å². The van der Waals surface area contributed by atoms with Crippen molar-refractivity contribution >= 4 is 44.5 Å². The predicted molar refractivity (Wildman–Crippen MR) is 105 cm³/mol. The number of benzene rings is 1. The van der Waals surface area contributed by atoms with Crippen molar-refractivity contribution in [1.29, 1.82) is 0 Å². The van der Waals surface area contributed by atoms with Gasteiger partial charge in [-0.15, -0.1) is 0 Å². The number of para-hydroxylation sites is 1. The fourth-order valence-electron chi connectivity index (χ4n) is 3.15. The number of hydrogen-bond donors (Lipinski definition) is 2. The molecule has 2 N–H and O–H groups in total. The van der Waals surface area contributed by atoms with E-state index >= 15 is 0 Å². The maximum Gasteiger partial charge on any atom is 0.230 e. The molecule has 0 bridgehead atoms. The van der Waals surface area contributed by atoms with Crippen LogP contribution >= 0.6 is 15.9 Å². The van der Waals surface area contributed by atoms with Crippen LogP contribution in [0.3, 0.4) is 0 Å². The molecule has 0 radical (unpaired) electrons. The van der Waals surface area contributed by atoms with E-state index in [1.54, 1.807) is 22.8 Å². The first-order valence-corrected chi connectivity index (χ1v) is 9.59. The van der Waals surface area contributed by atoms with E-state index in [2.05, 4.69) is 51.2 Å². The molecular weight excluding hydrogens is 431 g/mol. The monoisotopic (exact) mass is 446 g/mol. The predicted octanol–water partition coefficient (Wildman–Crippen LogP) is 2.35. The summed E-state index contributed by atoms with van der Waals surface area (Å²) in [6.45, 7) is 3.07. The molecule has 28 heavy (non-hydrogen) atoms. The third kappa shape index (κ3) is 3.06. The van der Waals surface area contributed by atoms with Crippen molar-refractivity contribution in [3.8, 4) is 0 Å². The Morgan fingerprint density at radius 2 is 2.07 bits per heavy atom. The summed E-state index contributed by atoms with van der Waals surface area (Å²) in [7, 11) is 0. The van der Waals surface area contributed by atoms with E-state index < -0.39 is 0 Å². The fourth-order valence-corrected chi connectivity index (χ4v) is 3.50. The Morgan fingerprint density at radius 3 is 2.89 bits per heavy atom. The van der Waals surface area contributed by atoms with Crippen LogP contribution in [-0.4, -0.2) is 55.9 Å². The minimum atomic E-state index is -0.352. The Hall–Kier alpha value is -2.79. The zero-order valence-corrected chi connectivity index (χ0v) is 16.3. The second-order valence-corrected chi connectivity index (χ2v) is 7.20. The van der Waals surface area contributed by atoms with Gasteiger partial charge in [-0.25, -0.2) is 9.37 Å². The van der Waals surface area contributed by atoms with Crippen LogP contribution in [0.4, 0.5) is 16.3 Å². The summed E-state index contributed by atoms with van der Waals surface area (Å²) in [5.41, 5.74) is 1.64. The molecule has 0 aliphatic carbocycles. The van der Waals surface area contributed by atoms with E-state index in [-0.39, 0.29) is 5.82 Å². The molecule has 0 spiro atoms. The fraction of sp³-hybridized carbons (Fsp3) is 0.294. The van der Waals surface area contributed by atoms with Crippen LogP contribution < -0.4 is 10.2 Å². The molecule has 3 aromatic heterocycles. The lowest BCUT2D eigenvalue weighted by atomic mass is 10.3. The van der Waals surface area contributed by atoms with E-state index in [4.69, 9.17) is 4.74 Å². The number of morpholine rings is 1. The van der Waals surface area contributed by atoms with Gasteiger partial charge in [-0.3, -0.25) is 0 Å². The normalized spacial score (nSPS) is 14.9. The van der Waals surface area contributed by atoms with Crippen molar-refractivity contribution in [2.24, 2.45) is 0 Å². The number of aromatic nitrogens is 6. The van der Waals surface area contributed by atoms with Crippen LogP contribution in [0.5, 0.6) is 0 Å². The number of hydrogen-bond acceptors (Lipinski definition) is 7. The second kappa shape index (κ2) is 6.99. The van der Waals surface area contributed by atoms with Gasteiger partial charge < -0.3 is 19.9 Å². The first-order valence-electron chi connectivity index (χ1n) is 8.80. The van der Waals surface area contributed by atoms with E-state index in [9.17, 15) is 4.39 Å². The summed E-state index contributed by atoms with van der Waals surface area (Å²) in [5, 5.41) is 7.55. The first kappa shape index (κ1) is 17.3. The number of fused-ring (bicyclic) bond motifs is 2. The van der Waals surface area contributed by atoms with Gasteiger partial charge in [0, 0.05) is 13.1 Å². The van der Waals surface area contributed by atoms with Gasteiger partial charge >= 0.3 is 0 Å². The highest BCUT2D eigenvalue weighted by Gasteiger charge is 2.18. The number of nitrogens with zero attached hydrogens (tertiary/aromatic N) is 6. The molecule has 11 heteroatoms. The lowest BCUT2D eigenvalue weighted by Gasteiger charge is -2.27. The average molecular weight is 447 g/mol. The van der Waals surface area contributed by atoms with Crippen LogP contribution in [0.1, 0.15) is 5.82 Å². The van der Waals surface area contributed by atoms with Crippen molar-refractivity contribution in [3.63, 3.8) is 0 Å². The third-order valence-electron chi connectivity index (χ3n) is 4.53. The molecule has 1 fully saturated rings. The number of nitrogens with one attached hydrogen (secondary N) is 2. The average Bonchev–Trinajstić information content (AvgIpc) is 3.31. The summed E-state index contributed by atoms with van der Waals surface area (Å²) in [6.07, 6.45) is 1.68. The Balaban J connectivity index is 1.47. The van der Waals surface area contributed by atoms with E-state index in [0.29, 0.717) is 54.2 Å². The largest absolute Gasteiger partial charge is 0.378 e. The first-order chi connectivity index (χ1) is 13.7. The van der Waals surface area contributed by atoms with Gasteiger partial charge in [-0.05, 0) is 28.1 Å². The summed E-state index contributed by atoms with van der Waals surface area (Å²) >= 11 is 3.48. The van der Waals surface area contributed by atoms with Crippen molar-refractivity contribution in [1.82, 2.24) is 29.5 Å². The molecule has 4 heterocycles. The van der Waals surface area contributed by atoms with Crippen molar-refractivity contribution in [3.05, 3.63) is 40.5 Å². The zero-order valence-electron chi connectivity index (χ0n) is 14.7. The lowest BCUT2D eigenvalue weighted by molar-refractivity contribution is 0.122. The quantitative estimate of drug-likeness (QED) is 0.496. The molecule has 0 unspecified atom stereocenters. The van der Waals surface area contributed by atoms with E-state index in [1.807, 2.05) is 0 Å². The summed E-state index contributed by atoms with van der Waals surface area (Å²) in [5.74, 6) is 1.38. The molecule has 144 valence electrons. The van der Waals surface area contributed by atoms with Crippen molar-refractivity contribution in [2.75, 3.05) is 36.5 Å². The Labute approximate surface area is 167 Å². The number of imidazole rings is 1. The van der Waals surface area contributed by atoms with Gasteiger partial charge in [-0.2, -0.15) is 19.6 Å². The number of rotatable bonds is 4. The third-order valence-corrected chi connectivity index (χ3v) is 5.09. The number of ether oxygens (including phenoxy) is 1. The summed E-state index contributed by atoms with van der Waals surface area (Å²) in [6, 6.07) is 4.83. The van der Waals surface area contributed by atoms with Gasteiger partial charge in [-0.1, -0.05) is 6.07 Å². The Kier molecular flexibility index (Phi) is 4.32. The van der Waals surface area contributed by atoms with Crippen LogP contribution in [0.25, 0.3) is 16.7 Å². The van der Waals surface area contributed by atoms with Gasteiger partial charge in [0.1, 0.15) is 11.3 Å². The molecular formula is C17H16BrFN8O. The molecule has 0 saturated carbocycles. The summed E-state index contributed by atoms with van der Waals surface area (Å²) in [4.78, 5) is 18.8.